The van der Waals surface area contributed by atoms with E-state index in [4.69, 9.17) is 17.0 Å². The summed E-state index contributed by atoms with van der Waals surface area (Å²) >= 11 is 5.25. The standard InChI is InChI=1S/C14H18N2O2S/c1-10-7-11(2)9-12(8-10)13(17)15-14(19)16-3-5-18-6-4-16/h7-9H,3-6H2,1-2H3,(H,15,17,19). The molecule has 2 rings (SSSR count). The predicted octanol–water partition coefficient (Wildman–Crippen LogP) is 1.65. The third-order valence-corrected chi connectivity index (χ3v) is 3.36. The lowest BCUT2D eigenvalue weighted by Crippen LogP contribution is -2.47. The second-order valence-corrected chi connectivity index (χ2v) is 5.12. The molecule has 1 aromatic carbocycles. The highest BCUT2D eigenvalue weighted by molar-refractivity contribution is 7.80. The van der Waals surface area contributed by atoms with Gasteiger partial charge in [0.25, 0.3) is 5.91 Å². The van der Waals surface area contributed by atoms with Crippen LogP contribution in [0, 0.1) is 13.8 Å². The number of aryl methyl sites for hydroxylation is 2. The highest BCUT2D eigenvalue weighted by Crippen LogP contribution is 2.09. The van der Waals surface area contributed by atoms with Gasteiger partial charge in [0.05, 0.1) is 13.2 Å². The minimum absolute atomic E-state index is 0.150. The molecule has 1 fully saturated rings. The zero-order chi connectivity index (χ0) is 13.8. The number of hydrogen-bond acceptors (Lipinski definition) is 3. The van der Waals surface area contributed by atoms with Crippen LogP contribution in [0.1, 0.15) is 21.5 Å². The second kappa shape index (κ2) is 6.12. The van der Waals surface area contributed by atoms with E-state index in [2.05, 4.69) is 5.32 Å². The first-order valence-electron chi connectivity index (χ1n) is 6.32. The molecule has 5 heteroatoms. The quantitative estimate of drug-likeness (QED) is 0.793. The Balaban J connectivity index is 2.01. The number of carbonyl (C=O) groups excluding carboxylic acids is 1. The fraction of sp³-hybridized carbons (Fsp3) is 0.429. The summed E-state index contributed by atoms with van der Waals surface area (Å²) < 4.78 is 5.26. The minimum atomic E-state index is -0.150. The smallest absolute Gasteiger partial charge is 0.257 e. The Bertz CT molecular complexity index is 476. The van der Waals surface area contributed by atoms with Crippen molar-refractivity contribution in [2.24, 2.45) is 0 Å². The molecule has 1 aliphatic heterocycles. The fourth-order valence-electron chi connectivity index (χ4n) is 2.12. The zero-order valence-electron chi connectivity index (χ0n) is 11.2. The monoisotopic (exact) mass is 278 g/mol. The van der Waals surface area contributed by atoms with Crippen molar-refractivity contribution in [1.82, 2.24) is 10.2 Å². The lowest BCUT2D eigenvalue weighted by Gasteiger charge is -2.28. The lowest BCUT2D eigenvalue weighted by molar-refractivity contribution is 0.0669. The number of ether oxygens (including phenoxy) is 1. The van der Waals surface area contributed by atoms with Crippen LogP contribution in [0.25, 0.3) is 0 Å². The summed E-state index contributed by atoms with van der Waals surface area (Å²) in [4.78, 5) is 14.1. The molecule has 102 valence electrons. The minimum Gasteiger partial charge on any atom is -0.378 e. The molecule has 0 atom stereocenters. The van der Waals surface area contributed by atoms with Crippen molar-refractivity contribution in [2.45, 2.75) is 13.8 Å². The summed E-state index contributed by atoms with van der Waals surface area (Å²) in [6.45, 7) is 6.71. The Hall–Kier alpha value is -1.46. The number of thiocarbonyl (C=S) groups is 1. The average Bonchev–Trinajstić information content (AvgIpc) is 2.38. The van der Waals surface area contributed by atoms with E-state index in [0.717, 1.165) is 24.2 Å². The molecule has 0 aliphatic carbocycles. The summed E-state index contributed by atoms with van der Waals surface area (Å²) in [6.07, 6.45) is 0. The number of benzene rings is 1. The van der Waals surface area contributed by atoms with Crippen molar-refractivity contribution in [1.29, 1.82) is 0 Å². The molecular formula is C14H18N2O2S. The topological polar surface area (TPSA) is 41.6 Å². The Morgan fingerprint density at radius 1 is 1.21 bits per heavy atom. The van der Waals surface area contributed by atoms with E-state index in [1.54, 1.807) is 0 Å². The lowest BCUT2D eigenvalue weighted by atomic mass is 10.1. The third-order valence-electron chi connectivity index (χ3n) is 3.00. The van der Waals surface area contributed by atoms with Crippen LogP contribution in [-0.4, -0.2) is 42.2 Å². The van der Waals surface area contributed by atoms with Crippen LogP contribution in [0.4, 0.5) is 0 Å². The van der Waals surface area contributed by atoms with Crippen LogP contribution in [0.3, 0.4) is 0 Å². The van der Waals surface area contributed by atoms with Gasteiger partial charge in [-0.15, -0.1) is 0 Å². The molecule has 0 aromatic heterocycles. The summed E-state index contributed by atoms with van der Waals surface area (Å²) in [5.41, 5.74) is 2.79. The van der Waals surface area contributed by atoms with Gasteiger partial charge in [0.15, 0.2) is 5.11 Å². The number of morpholine rings is 1. The van der Waals surface area contributed by atoms with Gasteiger partial charge in [-0.05, 0) is 38.2 Å². The molecule has 0 bridgehead atoms. The van der Waals surface area contributed by atoms with Crippen LogP contribution in [0.2, 0.25) is 0 Å². The van der Waals surface area contributed by atoms with Crippen molar-refractivity contribution >= 4 is 23.2 Å². The maximum atomic E-state index is 12.1. The molecule has 1 amide bonds. The van der Waals surface area contributed by atoms with Gasteiger partial charge in [-0.3, -0.25) is 10.1 Å². The van der Waals surface area contributed by atoms with Gasteiger partial charge < -0.3 is 9.64 Å². The van der Waals surface area contributed by atoms with E-state index in [9.17, 15) is 4.79 Å². The second-order valence-electron chi connectivity index (χ2n) is 4.74. The van der Waals surface area contributed by atoms with E-state index in [1.165, 1.54) is 0 Å². The molecule has 1 N–H and O–H groups in total. The summed E-state index contributed by atoms with van der Waals surface area (Å²) in [7, 11) is 0. The molecule has 0 unspecified atom stereocenters. The van der Waals surface area contributed by atoms with Gasteiger partial charge in [0, 0.05) is 18.7 Å². The predicted molar refractivity (Wildman–Crippen MR) is 78.4 cm³/mol. The number of amides is 1. The van der Waals surface area contributed by atoms with Gasteiger partial charge in [0.2, 0.25) is 0 Å². The summed E-state index contributed by atoms with van der Waals surface area (Å²) in [6, 6.07) is 5.77. The van der Waals surface area contributed by atoms with Gasteiger partial charge in [0.1, 0.15) is 0 Å². The first-order valence-corrected chi connectivity index (χ1v) is 6.73. The Kier molecular flexibility index (Phi) is 4.50. The van der Waals surface area contributed by atoms with Gasteiger partial charge in [-0.25, -0.2) is 0 Å². The van der Waals surface area contributed by atoms with Crippen LogP contribution >= 0.6 is 12.2 Å². The molecule has 4 nitrogen and oxygen atoms in total. The van der Waals surface area contributed by atoms with E-state index in [1.807, 2.05) is 36.9 Å². The Morgan fingerprint density at radius 3 is 2.37 bits per heavy atom. The summed E-state index contributed by atoms with van der Waals surface area (Å²) in [5.74, 6) is -0.150. The van der Waals surface area contributed by atoms with E-state index in [-0.39, 0.29) is 5.91 Å². The van der Waals surface area contributed by atoms with Crippen LogP contribution in [0.5, 0.6) is 0 Å². The molecule has 1 heterocycles. The first-order chi connectivity index (χ1) is 9.06. The summed E-state index contributed by atoms with van der Waals surface area (Å²) in [5, 5.41) is 3.26. The molecule has 0 spiro atoms. The number of nitrogens with zero attached hydrogens (tertiary/aromatic N) is 1. The van der Waals surface area contributed by atoms with Crippen molar-refractivity contribution in [3.63, 3.8) is 0 Å². The van der Waals surface area contributed by atoms with Crippen LogP contribution in [-0.2, 0) is 4.74 Å². The molecular weight excluding hydrogens is 260 g/mol. The van der Waals surface area contributed by atoms with Crippen molar-refractivity contribution in [3.05, 3.63) is 34.9 Å². The number of rotatable bonds is 1. The van der Waals surface area contributed by atoms with Crippen molar-refractivity contribution < 1.29 is 9.53 Å². The highest BCUT2D eigenvalue weighted by atomic mass is 32.1. The number of hydrogen-bond donors (Lipinski definition) is 1. The van der Waals surface area contributed by atoms with Crippen LogP contribution in [0.15, 0.2) is 18.2 Å². The highest BCUT2D eigenvalue weighted by Gasteiger charge is 2.16. The van der Waals surface area contributed by atoms with Crippen molar-refractivity contribution in [3.8, 4) is 0 Å². The number of carbonyl (C=O) groups is 1. The third kappa shape index (κ3) is 3.75. The maximum absolute atomic E-state index is 12.1. The molecule has 0 saturated carbocycles. The molecule has 1 saturated heterocycles. The fourth-order valence-corrected chi connectivity index (χ4v) is 2.40. The van der Waals surface area contributed by atoms with E-state index in [0.29, 0.717) is 23.9 Å². The molecule has 1 aliphatic rings. The van der Waals surface area contributed by atoms with Gasteiger partial charge in [-0.2, -0.15) is 0 Å². The zero-order valence-corrected chi connectivity index (χ0v) is 12.0. The van der Waals surface area contributed by atoms with Crippen molar-refractivity contribution in [2.75, 3.05) is 26.3 Å². The molecule has 19 heavy (non-hydrogen) atoms. The molecule has 0 radical (unpaired) electrons. The number of nitrogens with one attached hydrogen (secondary N) is 1. The normalized spacial score (nSPS) is 15.2. The Labute approximate surface area is 118 Å². The Morgan fingerprint density at radius 2 is 1.79 bits per heavy atom. The maximum Gasteiger partial charge on any atom is 0.257 e. The van der Waals surface area contributed by atoms with E-state index >= 15 is 0 Å². The molecule has 1 aromatic rings. The van der Waals surface area contributed by atoms with E-state index < -0.39 is 0 Å². The van der Waals surface area contributed by atoms with Gasteiger partial charge in [-0.1, -0.05) is 17.2 Å². The van der Waals surface area contributed by atoms with Crippen LogP contribution < -0.4 is 5.32 Å². The van der Waals surface area contributed by atoms with Gasteiger partial charge >= 0.3 is 0 Å². The SMILES string of the molecule is Cc1cc(C)cc(C(=O)NC(=S)N2CCOCC2)c1. The average molecular weight is 278 g/mol. The first kappa shape index (κ1) is 14.0. The largest absolute Gasteiger partial charge is 0.378 e.